The summed E-state index contributed by atoms with van der Waals surface area (Å²) in [4.78, 5) is 30.2. The zero-order chi connectivity index (χ0) is 24.1. The highest BCUT2D eigenvalue weighted by Gasteiger charge is 2.45. The van der Waals surface area contributed by atoms with E-state index in [2.05, 4.69) is 11.8 Å². The SMILES string of the molecule is CCc1ccc(C2C(=C(O)c3cccc(OC)c3)C(=O)C(=O)N2CCCN2CCOCC2)cc1. The number of benzene rings is 2. The van der Waals surface area contributed by atoms with Gasteiger partial charge in [-0.3, -0.25) is 14.5 Å². The lowest BCUT2D eigenvalue weighted by atomic mass is 9.94. The largest absolute Gasteiger partial charge is 0.507 e. The predicted molar refractivity (Wildman–Crippen MR) is 130 cm³/mol. The quantitative estimate of drug-likeness (QED) is 0.367. The summed E-state index contributed by atoms with van der Waals surface area (Å²) in [5.74, 6) is -0.850. The van der Waals surface area contributed by atoms with Gasteiger partial charge >= 0.3 is 0 Å². The Bertz CT molecular complexity index is 1060. The Balaban J connectivity index is 1.68. The number of hydrogen-bond acceptors (Lipinski definition) is 6. The van der Waals surface area contributed by atoms with Crippen LogP contribution in [0.1, 0.15) is 36.1 Å². The molecule has 1 atom stereocenters. The molecule has 2 fully saturated rings. The van der Waals surface area contributed by atoms with E-state index in [9.17, 15) is 14.7 Å². The minimum Gasteiger partial charge on any atom is -0.507 e. The maximum Gasteiger partial charge on any atom is 0.295 e. The van der Waals surface area contributed by atoms with E-state index >= 15 is 0 Å². The number of aryl methyl sites for hydroxylation is 1. The zero-order valence-corrected chi connectivity index (χ0v) is 19.8. The fraction of sp³-hybridized carbons (Fsp3) is 0.407. The molecular weight excluding hydrogens is 432 g/mol. The van der Waals surface area contributed by atoms with Crippen molar-refractivity contribution in [1.82, 2.24) is 9.80 Å². The first-order chi connectivity index (χ1) is 16.5. The molecule has 0 spiro atoms. The van der Waals surface area contributed by atoms with Crippen molar-refractivity contribution in [3.05, 3.63) is 70.8 Å². The Morgan fingerprint density at radius 2 is 1.82 bits per heavy atom. The number of methoxy groups -OCH3 is 1. The molecule has 34 heavy (non-hydrogen) atoms. The van der Waals surface area contributed by atoms with E-state index in [0.717, 1.165) is 51.3 Å². The number of Topliss-reactive ketones (excluding diaryl/α,β-unsaturated/α-hetero) is 1. The second kappa shape index (κ2) is 10.8. The first kappa shape index (κ1) is 24.0. The summed E-state index contributed by atoms with van der Waals surface area (Å²) in [7, 11) is 1.54. The highest BCUT2D eigenvalue weighted by Crippen LogP contribution is 2.40. The second-order valence-electron chi connectivity index (χ2n) is 8.63. The summed E-state index contributed by atoms with van der Waals surface area (Å²) in [6, 6.07) is 14.2. The molecule has 2 saturated heterocycles. The number of aliphatic hydroxyl groups is 1. The minimum absolute atomic E-state index is 0.119. The van der Waals surface area contributed by atoms with Crippen molar-refractivity contribution in [2.75, 3.05) is 46.5 Å². The van der Waals surface area contributed by atoms with Gasteiger partial charge in [0.15, 0.2) is 0 Å². The molecule has 2 aromatic carbocycles. The number of carbonyl (C=O) groups excluding carboxylic acids is 2. The van der Waals surface area contributed by atoms with Crippen molar-refractivity contribution in [2.45, 2.75) is 25.8 Å². The summed E-state index contributed by atoms with van der Waals surface area (Å²) < 4.78 is 10.7. The first-order valence-electron chi connectivity index (χ1n) is 11.8. The summed E-state index contributed by atoms with van der Waals surface area (Å²) in [6.07, 6.45) is 1.62. The molecule has 7 heteroatoms. The lowest BCUT2D eigenvalue weighted by Crippen LogP contribution is -2.38. The Morgan fingerprint density at radius 3 is 2.50 bits per heavy atom. The van der Waals surface area contributed by atoms with Crippen LogP contribution in [0.5, 0.6) is 5.75 Å². The van der Waals surface area contributed by atoms with Gasteiger partial charge in [-0.25, -0.2) is 0 Å². The summed E-state index contributed by atoms with van der Waals surface area (Å²) in [5, 5.41) is 11.2. The molecule has 0 aliphatic carbocycles. The van der Waals surface area contributed by atoms with Crippen LogP contribution in [0.4, 0.5) is 0 Å². The monoisotopic (exact) mass is 464 g/mol. The van der Waals surface area contributed by atoms with Crippen LogP contribution in [-0.4, -0.2) is 73.1 Å². The zero-order valence-electron chi connectivity index (χ0n) is 19.8. The third kappa shape index (κ3) is 5.00. The van der Waals surface area contributed by atoms with E-state index < -0.39 is 17.7 Å². The fourth-order valence-electron chi connectivity index (χ4n) is 4.61. The molecule has 0 saturated carbocycles. The van der Waals surface area contributed by atoms with Crippen LogP contribution in [0, 0.1) is 0 Å². The third-order valence-electron chi connectivity index (χ3n) is 6.56. The molecule has 1 unspecified atom stereocenters. The van der Waals surface area contributed by atoms with Crippen molar-refractivity contribution in [3.8, 4) is 5.75 Å². The number of aliphatic hydroxyl groups excluding tert-OH is 1. The van der Waals surface area contributed by atoms with Gasteiger partial charge in [0.1, 0.15) is 11.5 Å². The van der Waals surface area contributed by atoms with Crippen LogP contribution in [0.25, 0.3) is 5.76 Å². The van der Waals surface area contributed by atoms with Crippen molar-refractivity contribution in [1.29, 1.82) is 0 Å². The lowest BCUT2D eigenvalue weighted by molar-refractivity contribution is -0.140. The van der Waals surface area contributed by atoms with E-state index in [-0.39, 0.29) is 11.3 Å². The van der Waals surface area contributed by atoms with Crippen LogP contribution in [-0.2, 0) is 20.7 Å². The van der Waals surface area contributed by atoms with Gasteiger partial charge in [0.25, 0.3) is 11.7 Å². The van der Waals surface area contributed by atoms with E-state index in [1.165, 1.54) is 5.56 Å². The highest BCUT2D eigenvalue weighted by atomic mass is 16.5. The number of amides is 1. The number of likely N-dealkylation sites (tertiary alicyclic amines) is 1. The van der Waals surface area contributed by atoms with E-state index in [4.69, 9.17) is 9.47 Å². The molecule has 1 N–H and O–H groups in total. The number of ether oxygens (including phenoxy) is 2. The van der Waals surface area contributed by atoms with Gasteiger partial charge in [-0.2, -0.15) is 0 Å². The predicted octanol–water partition coefficient (Wildman–Crippen LogP) is 3.40. The Hall–Kier alpha value is -3.16. The van der Waals surface area contributed by atoms with Gasteiger partial charge in [-0.15, -0.1) is 0 Å². The molecule has 7 nitrogen and oxygen atoms in total. The van der Waals surface area contributed by atoms with E-state index in [1.54, 1.807) is 36.3 Å². The Labute approximate surface area is 200 Å². The van der Waals surface area contributed by atoms with Crippen molar-refractivity contribution in [3.63, 3.8) is 0 Å². The van der Waals surface area contributed by atoms with Gasteiger partial charge < -0.3 is 19.5 Å². The average molecular weight is 465 g/mol. The molecule has 4 rings (SSSR count). The number of nitrogens with zero attached hydrogens (tertiary/aromatic N) is 2. The summed E-state index contributed by atoms with van der Waals surface area (Å²) in [6.45, 7) is 6.51. The molecule has 1 amide bonds. The number of rotatable bonds is 8. The maximum absolute atomic E-state index is 13.2. The molecule has 180 valence electrons. The number of morpholine rings is 1. The van der Waals surface area contributed by atoms with Gasteiger partial charge in [-0.05, 0) is 36.1 Å². The molecule has 0 aromatic heterocycles. The van der Waals surface area contributed by atoms with Gasteiger partial charge in [0.05, 0.1) is 31.9 Å². The van der Waals surface area contributed by atoms with Gasteiger partial charge in [-0.1, -0.05) is 43.3 Å². The van der Waals surface area contributed by atoms with Crippen molar-refractivity contribution in [2.24, 2.45) is 0 Å². The number of ketones is 1. The smallest absolute Gasteiger partial charge is 0.295 e. The van der Waals surface area contributed by atoms with E-state index in [0.29, 0.717) is 17.9 Å². The van der Waals surface area contributed by atoms with Crippen molar-refractivity contribution < 1.29 is 24.2 Å². The molecule has 2 heterocycles. The standard InChI is InChI=1S/C27H32N2O5/c1-3-19-8-10-20(11-9-19)24-23(25(30)21-6-4-7-22(18-21)33-2)26(31)27(32)29(24)13-5-12-28-14-16-34-17-15-28/h4,6-11,18,24,30H,3,5,12-17H2,1-2H3. The third-order valence-corrected chi connectivity index (χ3v) is 6.56. The normalized spacial score (nSPS) is 20.6. The number of carbonyl (C=O) groups is 2. The van der Waals surface area contributed by atoms with Crippen LogP contribution >= 0.6 is 0 Å². The molecular formula is C27H32N2O5. The van der Waals surface area contributed by atoms with Crippen LogP contribution in [0.3, 0.4) is 0 Å². The van der Waals surface area contributed by atoms with Crippen molar-refractivity contribution >= 4 is 17.4 Å². The molecule has 0 radical (unpaired) electrons. The molecule has 2 aliphatic heterocycles. The van der Waals surface area contributed by atoms with E-state index in [1.807, 2.05) is 24.3 Å². The average Bonchev–Trinajstić information content (AvgIpc) is 3.14. The second-order valence-corrected chi connectivity index (χ2v) is 8.63. The minimum atomic E-state index is -0.656. The van der Waals surface area contributed by atoms with Gasteiger partial charge in [0, 0.05) is 31.7 Å². The number of hydrogen-bond donors (Lipinski definition) is 1. The molecule has 2 aromatic rings. The van der Waals surface area contributed by atoms with Crippen LogP contribution < -0.4 is 4.74 Å². The highest BCUT2D eigenvalue weighted by molar-refractivity contribution is 6.46. The lowest BCUT2D eigenvalue weighted by Gasteiger charge is -2.29. The molecule has 2 aliphatic rings. The summed E-state index contributed by atoms with van der Waals surface area (Å²) >= 11 is 0. The van der Waals surface area contributed by atoms with Crippen LogP contribution in [0.15, 0.2) is 54.1 Å². The summed E-state index contributed by atoms with van der Waals surface area (Å²) in [5.41, 5.74) is 2.54. The maximum atomic E-state index is 13.2. The topological polar surface area (TPSA) is 79.3 Å². The van der Waals surface area contributed by atoms with Gasteiger partial charge in [0.2, 0.25) is 0 Å². The first-order valence-corrected chi connectivity index (χ1v) is 11.8. The fourth-order valence-corrected chi connectivity index (χ4v) is 4.61. The Morgan fingerprint density at radius 1 is 1.09 bits per heavy atom. The molecule has 0 bridgehead atoms. The Kier molecular flexibility index (Phi) is 7.65. The van der Waals surface area contributed by atoms with Crippen LogP contribution in [0.2, 0.25) is 0 Å².